The number of ether oxygens (including phenoxy) is 2. The number of nitrogens with zero attached hydrogens (tertiary/aromatic N) is 2. The fraction of sp³-hybridized carbons (Fsp3) is 0.500. The van der Waals surface area contributed by atoms with E-state index in [2.05, 4.69) is 34.5 Å². The number of hydrogen-bond acceptors (Lipinski definition) is 6. The molecule has 8 heteroatoms. The number of benzene rings is 2. The van der Waals surface area contributed by atoms with Gasteiger partial charge in [0.1, 0.15) is 6.04 Å². The summed E-state index contributed by atoms with van der Waals surface area (Å²) >= 11 is 0. The van der Waals surface area contributed by atoms with Gasteiger partial charge in [-0.15, -0.1) is 0 Å². The number of amides is 1. The van der Waals surface area contributed by atoms with Crippen LogP contribution in [-0.2, 0) is 11.2 Å². The molecule has 1 atom stereocenters. The smallest absolute Gasteiger partial charge is 0.278 e. The molecule has 8 nitrogen and oxygen atoms in total. The molecule has 2 aromatic carbocycles. The van der Waals surface area contributed by atoms with Gasteiger partial charge in [0.15, 0.2) is 11.5 Å². The van der Waals surface area contributed by atoms with E-state index in [0.29, 0.717) is 36.1 Å². The second-order valence-electron chi connectivity index (χ2n) is 9.58. The molecular weight excluding hydrogens is 434 g/mol. The van der Waals surface area contributed by atoms with Crippen molar-refractivity contribution in [2.24, 2.45) is 5.92 Å². The number of nitrogens with one attached hydrogen (secondary N) is 1. The molecule has 0 radical (unpaired) electrons. The molecule has 2 aliphatic heterocycles. The van der Waals surface area contributed by atoms with Gasteiger partial charge in [-0.3, -0.25) is 19.8 Å². The first kappa shape index (κ1) is 22.7. The third-order valence-corrected chi connectivity index (χ3v) is 7.34. The Bertz CT molecular complexity index is 1030. The molecule has 180 valence electrons. The quantitative estimate of drug-likeness (QED) is 0.482. The standard InChI is InChI=1S/C26H31N3O5/c30-26(27-20-8-4-5-9-20)25(21-15-23-24(34-17-33-23)16-22(21)29(31)32)28-12-10-19(11-13-28)14-18-6-2-1-3-7-18/h1-3,6-7,15-16,19-20,25H,4-5,8-14,17H2,(H,27,30)/t25-/m1/s1. The highest BCUT2D eigenvalue weighted by Crippen LogP contribution is 2.42. The number of nitro groups is 1. The number of fused-ring (bicyclic) bond motifs is 1. The van der Waals surface area contributed by atoms with Gasteiger partial charge in [-0.05, 0) is 62.7 Å². The Balaban J connectivity index is 1.39. The van der Waals surface area contributed by atoms with Crippen LogP contribution in [0.3, 0.4) is 0 Å². The number of likely N-dealkylation sites (tertiary alicyclic amines) is 1. The van der Waals surface area contributed by atoms with Crippen LogP contribution in [-0.4, -0.2) is 41.7 Å². The number of hydrogen-bond donors (Lipinski definition) is 1. The highest BCUT2D eigenvalue weighted by molar-refractivity contribution is 5.85. The molecule has 0 unspecified atom stereocenters. The van der Waals surface area contributed by atoms with Crippen LogP contribution in [0, 0.1) is 16.0 Å². The molecule has 1 N–H and O–H groups in total. The van der Waals surface area contributed by atoms with Crippen molar-refractivity contribution in [3.63, 3.8) is 0 Å². The Morgan fingerprint density at radius 1 is 1.06 bits per heavy atom. The van der Waals surface area contributed by atoms with Gasteiger partial charge in [0.25, 0.3) is 5.69 Å². The second-order valence-corrected chi connectivity index (χ2v) is 9.58. The minimum atomic E-state index is -0.729. The Morgan fingerprint density at radius 2 is 1.74 bits per heavy atom. The van der Waals surface area contributed by atoms with E-state index >= 15 is 0 Å². The average molecular weight is 466 g/mol. The van der Waals surface area contributed by atoms with Crippen LogP contribution in [0.2, 0.25) is 0 Å². The van der Waals surface area contributed by atoms with Crippen LogP contribution in [0.15, 0.2) is 42.5 Å². The maximum Gasteiger partial charge on any atom is 0.278 e. The van der Waals surface area contributed by atoms with Crippen molar-refractivity contribution in [2.45, 2.75) is 57.0 Å². The van der Waals surface area contributed by atoms with Gasteiger partial charge in [0.05, 0.1) is 16.6 Å². The normalized spacial score (nSPS) is 19.8. The molecule has 3 aliphatic rings. The zero-order chi connectivity index (χ0) is 23.5. The molecular formula is C26H31N3O5. The monoisotopic (exact) mass is 465 g/mol. The van der Waals surface area contributed by atoms with Crippen LogP contribution in [0.4, 0.5) is 5.69 Å². The molecule has 1 saturated heterocycles. The first-order valence-corrected chi connectivity index (χ1v) is 12.2. The first-order valence-electron chi connectivity index (χ1n) is 12.2. The minimum absolute atomic E-state index is 0.0275. The summed E-state index contributed by atoms with van der Waals surface area (Å²) in [6, 6.07) is 12.9. The number of carbonyl (C=O) groups is 1. The average Bonchev–Trinajstić information content (AvgIpc) is 3.52. The molecule has 2 fully saturated rings. The van der Waals surface area contributed by atoms with Crippen LogP contribution < -0.4 is 14.8 Å². The van der Waals surface area contributed by atoms with E-state index < -0.39 is 11.0 Å². The summed E-state index contributed by atoms with van der Waals surface area (Å²) in [6.07, 6.45) is 7.02. The lowest BCUT2D eigenvalue weighted by Gasteiger charge is -2.37. The van der Waals surface area contributed by atoms with E-state index in [1.165, 1.54) is 11.6 Å². The van der Waals surface area contributed by atoms with E-state index in [1.807, 2.05) is 6.07 Å². The van der Waals surface area contributed by atoms with Crippen molar-refractivity contribution >= 4 is 11.6 Å². The largest absolute Gasteiger partial charge is 0.454 e. The Hall–Kier alpha value is -3.13. The second kappa shape index (κ2) is 10.0. The number of piperidine rings is 1. The first-order chi connectivity index (χ1) is 16.6. The number of rotatable bonds is 7. The van der Waals surface area contributed by atoms with Crippen LogP contribution in [0.5, 0.6) is 11.5 Å². The van der Waals surface area contributed by atoms with E-state index in [4.69, 9.17) is 9.47 Å². The SMILES string of the molecule is O=C(NC1CCCC1)[C@@H](c1cc2c(cc1[N+](=O)[O-])OCO2)N1CCC(Cc2ccccc2)CC1. The lowest BCUT2D eigenvalue weighted by Crippen LogP contribution is -2.46. The minimum Gasteiger partial charge on any atom is -0.454 e. The fourth-order valence-corrected chi connectivity index (χ4v) is 5.54. The molecule has 0 spiro atoms. The maximum atomic E-state index is 13.6. The highest BCUT2D eigenvalue weighted by Gasteiger charge is 2.38. The van der Waals surface area contributed by atoms with Crippen molar-refractivity contribution in [1.82, 2.24) is 10.2 Å². The van der Waals surface area contributed by atoms with Crippen LogP contribution >= 0.6 is 0 Å². The van der Waals surface area contributed by atoms with E-state index in [-0.39, 0.29) is 24.4 Å². The molecule has 1 saturated carbocycles. The van der Waals surface area contributed by atoms with E-state index in [0.717, 1.165) is 44.9 Å². The predicted molar refractivity (Wildman–Crippen MR) is 127 cm³/mol. The lowest BCUT2D eigenvalue weighted by atomic mass is 9.88. The Kier molecular flexibility index (Phi) is 6.67. The zero-order valence-electron chi connectivity index (χ0n) is 19.3. The number of nitro benzene ring substituents is 1. The third kappa shape index (κ3) is 4.87. The molecule has 0 aromatic heterocycles. The number of carbonyl (C=O) groups excluding carboxylic acids is 1. The Morgan fingerprint density at radius 3 is 2.41 bits per heavy atom. The van der Waals surface area contributed by atoms with Gasteiger partial charge in [-0.25, -0.2) is 0 Å². The van der Waals surface area contributed by atoms with Gasteiger partial charge in [0, 0.05) is 6.04 Å². The van der Waals surface area contributed by atoms with Crippen LogP contribution in [0.25, 0.3) is 0 Å². The molecule has 2 aromatic rings. The molecule has 5 rings (SSSR count). The summed E-state index contributed by atoms with van der Waals surface area (Å²) in [5, 5.41) is 15.2. The Labute approximate surface area is 199 Å². The topological polar surface area (TPSA) is 93.9 Å². The van der Waals surface area contributed by atoms with Crippen molar-refractivity contribution in [1.29, 1.82) is 0 Å². The van der Waals surface area contributed by atoms with Gasteiger partial charge in [-0.2, -0.15) is 0 Å². The van der Waals surface area contributed by atoms with E-state index in [9.17, 15) is 14.9 Å². The summed E-state index contributed by atoms with van der Waals surface area (Å²) in [7, 11) is 0. The summed E-state index contributed by atoms with van der Waals surface area (Å²) in [5.74, 6) is 1.18. The van der Waals surface area contributed by atoms with Crippen molar-refractivity contribution in [2.75, 3.05) is 19.9 Å². The zero-order valence-corrected chi connectivity index (χ0v) is 19.3. The molecule has 2 heterocycles. The third-order valence-electron chi connectivity index (χ3n) is 7.34. The van der Waals surface area contributed by atoms with Crippen molar-refractivity contribution in [3.05, 3.63) is 63.7 Å². The lowest BCUT2D eigenvalue weighted by molar-refractivity contribution is -0.386. The fourth-order valence-electron chi connectivity index (χ4n) is 5.54. The summed E-state index contributed by atoms with van der Waals surface area (Å²) in [5.41, 5.74) is 1.61. The molecule has 34 heavy (non-hydrogen) atoms. The van der Waals surface area contributed by atoms with Gasteiger partial charge >= 0.3 is 0 Å². The van der Waals surface area contributed by atoms with Crippen molar-refractivity contribution in [3.8, 4) is 11.5 Å². The molecule has 0 bridgehead atoms. The predicted octanol–water partition coefficient (Wildman–Crippen LogP) is 4.38. The molecule has 1 aliphatic carbocycles. The van der Waals surface area contributed by atoms with Gasteiger partial charge in [0.2, 0.25) is 12.7 Å². The van der Waals surface area contributed by atoms with Crippen molar-refractivity contribution < 1.29 is 19.2 Å². The van der Waals surface area contributed by atoms with Gasteiger partial charge < -0.3 is 14.8 Å². The highest BCUT2D eigenvalue weighted by atomic mass is 16.7. The summed E-state index contributed by atoms with van der Waals surface area (Å²) in [6.45, 7) is 1.46. The maximum absolute atomic E-state index is 13.6. The summed E-state index contributed by atoms with van der Waals surface area (Å²) in [4.78, 5) is 27.3. The van der Waals surface area contributed by atoms with Gasteiger partial charge in [-0.1, -0.05) is 43.2 Å². The molecule has 1 amide bonds. The van der Waals surface area contributed by atoms with E-state index in [1.54, 1.807) is 6.07 Å². The summed E-state index contributed by atoms with van der Waals surface area (Å²) < 4.78 is 10.9. The van der Waals surface area contributed by atoms with Crippen LogP contribution in [0.1, 0.15) is 55.7 Å².